The second-order valence-corrected chi connectivity index (χ2v) is 9.34. The van der Waals surface area contributed by atoms with Crippen molar-refractivity contribution in [2.24, 2.45) is 0 Å². The van der Waals surface area contributed by atoms with E-state index in [1.807, 2.05) is 0 Å². The molecule has 27 heavy (non-hydrogen) atoms. The highest BCUT2D eigenvalue weighted by Crippen LogP contribution is 2.33. The van der Waals surface area contributed by atoms with Crippen LogP contribution in [0.15, 0.2) is 0 Å². The first kappa shape index (κ1) is 19.5. The maximum Gasteiger partial charge on any atom is 0.325 e. The molecule has 2 fully saturated rings. The van der Waals surface area contributed by atoms with Crippen molar-refractivity contribution in [1.82, 2.24) is 20.4 Å². The van der Waals surface area contributed by atoms with Crippen molar-refractivity contribution in [1.29, 1.82) is 0 Å². The Morgan fingerprint density at radius 2 is 1.89 bits per heavy atom. The molecule has 2 aliphatic rings. The Morgan fingerprint density at radius 3 is 2.56 bits per heavy atom. The first-order chi connectivity index (χ1) is 12.7. The Hall–Kier alpha value is -2.28. The highest BCUT2D eigenvalue weighted by atomic mass is 32.2. The van der Waals surface area contributed by atoms with E-state index in [1.165, 1.54) is 0 Å². The van der Waals surface area contributed by atoms with Gasteiger partial charge in [0.25, 0.3) is 5.91 Å². The SMILES string of the molecule is CS(=O)(=O)Nc1nnc(NC(=O)CCN2C(=O)NC3(CCCCC3)C2=O)s1. The van der Waals surface area contributed by atoms with E-state index in [0.29, 0.717) is 12.8 Å². The summed E-state index contributed by atoms with van der Waals surface area (Å²) in [6, 6.07) is -0.467. The minimum atomic E-state index is -3.48. The van der Waals surface area contributed by atoms with Gasteiger partial charge < -0.3 is 10.6 Å². The van der Waals surface area contributed by atoms with E-state index in [0.717, 1.165) is 41.8 Å². The zero-order chi connectivity index (χ0) is 19.7. The molecule has 0 aromatic carbocycles. The third kappa shape index (κ3) is 4.53. The van der Waals surface area contributed by atoms with Crippen molar-refractivity contribution < 1.29 is 22.8 Å². The molecule has 1 spiro atoms. The van der Waals surface area contributed by atoms with E-state index < -0.39 is 27.5 Å². The second kappa shape index (κ2) is 7.38. The number of nitrogens with one attached hydrogen (secondary N) is 3. The summed E-state index contributed by atoms with van der Waals surface area (Å²) in [5, 5.41) is 12.7. The molecule has 1 aromatic heterocycles. The van der Waals surface area contributed by atoms with Gasteiger partial charge in [0.05, 0.1) is 6.26 Å². The number of hydrogen-bond donors (Lipinski definition) is 3. The molecule has 1 aliphatic carbocycles. The smallest absolute Gasteiger partial charge is 0.323 e. The maximum atomic E-state index is 12.6. The molecule has 0 radical (unpaired) electrons. The van der Waals surface area contributed by atoms with Gasteiger partial charge in [-0.05, 0) is 12.8 Å². The molecule has 1 saturated heterocycles. The summed E-state index contributed by atoms with van der Waals surface area (Å²) in [5.41, 5.74) is -0.808. The average Bonchev–Trinajstić information content (AvgIpc) is 3.08. The molecular weight excluding hydrogens is 396 g/mol. The lowest BCUT2D eigenvalue weighted by Gasteiger charge is -2.30. The molecule has 11 nitrogen and oxygen atoms in total. The molecule has 2 heterocycles. The molecular formula is C14H20N6O5S2. The molecule has 1 aromatic rings. The Balaban J connectivity index is 1.53. The van der Waals surface area contributed by atoms with Crippen LogP contribution in [-0.4, -0.2) is 59.7 Å². The summed E-state index contributed by atoms with van der Waals surface area (Å²) in [4.78, 5) is 37.9. The van der Waals surface area contributed by atoms with Gasteiger partial charge in [0.2, 0.25) is 26.2 Å². The number of imide groups is 1. The number of urea groups is 1. The first-order valence-electron chi connectivity index (χ1n) is 8.44. The summed E-state index contributed by atoms with van der Waals surface area (Å²) in [7, 11) is -3.48. The van der Waals surface area contributed by atoms with Crippen LogP contribution in [0, 0.1) is 0 Å². The largest absolute Gasteiger partial charge is 0.325 e. The van der Waals surface area contributed by atoms with Gasteiger partial charge in [-0.25, -0.2) is 13.2 Å². The van der Waals surface area contributed by atoms with Crippen LogP contribution in [0.5, 0.6) is 0 Å². The highest BCUT2D eigenvalue weighted by molar-refractivity contribution is 7.92. The van der Waals surface area contributed by atoms with Gasteiger partial charge in [-0.15, -0.1) is 10.2 Å². The van der Waals surface area contributed by atoms with Gasteiger partial charge >= 0.3 is 6.03 Å². The summed E-state index contributed by atoms with van der Waals surface area (Å²) in [5.74, 6) is -0.724. The lowest BCUT2D eigenvalue weighted by atomic mass is 9.82. The van der Waals surface area contributed by atoms with Crippen molar-refractivity contribution in [2.75, 3.05) is 22.8 Å². The molecule has 0 bridgehead atoms. The molecule has 0 atom stereocenters. The predicted molar refractivity (Wildman–Crippen MR) is 97.7 cm³/mol. The van der Waals surface area contributed by atoms with Gasteiger partial charge in [0.1, 0.15) is 5.54 Å². The Morgan fingerprint density at radius 1 is 1.22 bits per heavy atom. The minimum Gasteiger partial charge on any atom is -0.323 e. The number of sulfonamides is 1. The fraction of sp³-hybridized carbons (Fsp3) is 0.643. The van der Waals surface area contributed by atoms with Crippen LogP contribution in [0.4, 0.5) is 15.1 Å². The third-order valence-corrected chi connectivity index (χ3v) is 5.91. The van der Waals surface area contributed by atoms with Crippen molar-refractivity contribution in [2.45, 2.75) is 44.1 Å². The van der Waals surface area contributed by atoms with Crippen molar-refractivity contribution in [3.05, 3.63) is 0 Å². The summed E-state index contributed by atoms with van der Waals surface area (Å²) < 4.78 is 24.4. The molecule has 1 saturated carbocycles. The van der Waals surface area contributed by atoms with Crippen LogP contribution >= 0.6 is 11.3 Å². The minimum absolute atomic E-state index is 0.0288. The van der Waals surface area contributed by atoms with Crippen LogP contribution < -0.4 is 15.4 Å². The molecule has 4 amide bonds. The zero-order valence-corrected chi connectivity index (χ0v) is 16.3. The Bertz CT molecular complexity index is 861. The predicted octanol–water partition coefficient (Wildman–Crippen LogP) is 0.493. The summed E-state index contributed by atoms with van der Waals surface area (Å²) in [6.45, 7) is -0.0362. The topological polar surface area (TPSA) is 150 Å². The van der Waals surface area contributed by atoms with Crippen LogP contribution in [0.25, 0.3) is 0 Å². The number of rotatable bonds is 6. The normalized spacial score (nSPS) is 19.2. The summed E-state index contributed by atoms with van der Waals surface area (Å²) >= 11 is 0.861. The monoisotopic (exact) mass is 416 g/mol. The quantitative estimate of drug-likeness (QED) is 0.571. The number of amides is 4. The zero-order valence-electron chi connectivity index (χ0n) is 14.6. The Kier molecular flexibility index (Phi) is 5.33. The number of aromatic nitrogens is 2. The van der Waals surface area contributed by atoms with Crippen LogP contribution in [0.3, 0.4) is 0 Å². The van der Waals surface area contributed by atoms with Crippen LogP contribution in [-0.2, 0) is 19.6 Å². The van der Waals surface area contributed by atoms with Gasteiger partial charge in [-0.1, -0.05) is 30.6 Å². The van der Waals surface area contributed by atoms with Gasteiger partial charge in [0.15, 0.2) is 0 Å². The van der Waals surface area contributed by atoms with E-state index in [9.17, 15) is 22.8 Å². The van der Waals surface area contributed by atoms with Crippen molar-refractivity contribution in [3.63, 3.8) is 0 Å². The molecule has 13 heteroatoms. The van der Waals surface area contributed by atoms with E-state index in [-0.39, 0.29) is 29.1 Å². The summed E-state index contributed by atoms with van der Waals surface area (Å²) in [6.07, 6.45) is 4.96. The fourth-order valence-electron chi connectivity index (χ4n) is 3.24. The van der Waals surface area contributed by atoms with Crippen molar-refractivity contribution in [3.8, 4) is 0 Å². The first-order valence-corrected chi connectivity index (χ1v) is 11.1. The molecule has 148 valence electrons. The lowest BCUT2D eigenvalue weighted by molar-refractivity contribution is -0.132. The number of anilines is 2. The number of carbonyl (C=O) groups excluding carboxylic acids is 3. The molecule has 0 unspecified atom stereocenters. The van der Waals surface area contributed by atoms with Crippen LogP contribution in [0.1, 0.15) is 38.5 Å². The Labute approximate surface area is 160 Å². The number of nitrogens with zero attached hydrogens (tertiary/aromatic N) is 3. The van der Waals surface area contributed by atoms with Crippen LogP contribution in [0.2, 0.25) is 0 Å². The van der Waals surface area contributed by atoms with E-state index in [4.69, 9.17) is 0 Å². The molecule has 1 aliphatic heterocycles. The number of carbonyl (C=O) groups is 3. The van der Waals surface area contributed by atoms with Crippen molar-refractivity contribution >= 4 is 49.5 Å². The third-order valence-electron chi connectivity index (χ3n) is 4.46. The average molecular weight is 416 g/mol. The highest BCUT2D eigenvalue weighted by Gasteiger charge is 2.51. The van der Waals surface area contributed by atoms with Gasteiger partial charge in [0, 0.05) is 13.0 Å². The van der Waals surface area contributed by atoms with E-state index in [2.05, 4.69) is 25.6 Å². The standard InChI is InChI=1S/C14H20N6O5S2/c1-27(24,25)19-12-18-17-11(26-12)15-9(21)5-8-20-10(22)14(16-13(20)23)6-3-2-4-7-14/h2-8H2,1H3,(H,16,23)(H,18,19)(H,15,17,21). The molecule has 3 rings (SSSR count). The maximum absolute atomic E-state index is 12.6. The van der Waals surface area contributed by atoms with E-state index >= 15 is 0 Å². The lowest BCUT2D eigenvalue weighted by Crippen LogP contribution is -2.48. The number of hydrogen-bond acceptors (Lipinski definition) is 8. The fourth-order valence-corrected chi connectivity index (χ4v) is 4.73. The van der Waals surface area contributed by atoms with Gasteiger partial charge in [-0.2, -0.15) is 0 Å². The van der Waals surface area contributed by atoms with E-state index in [1.54, 1.807) is 0 Å². The second-order valence-electron chi connectivity index (χ2n) is 6.61. The molecule has 3 N–H and O–H groups in total. The van der Waals surface area contributed by atoms with Gasteiger partial charge in [-0.3, -0.25) is 19.2 Å².